The van der Waals surface area contributed by atoms with Gasteiger partial charge in [0.25, 0.3) is 0 Å². The number of rotatable bonds is 2. The number of hydrogen-bond acceptors (Lipinski definition) is 8. The standard InChI is InChI=1S/C19H16N6O8/c1-32-14(26)4-3-5-6-10(11(4)23-17(29)20-16(28)22(5)23)13-8-7(9(8)15(27)33-2)12(6)24-18(30)21-19(31)25(13)24/h3,5,7-9,11-13H,1-2H3,(H,20,28,29)(H,21,30,31)/t5-,7?,8?,9?,11+,12+,13+/m1/s1. The van der Waals surface area contributed by atoms with Crippen LogP contribution in [-0.4, -0.2) is 54.9 Å². The Morgan fingerprint density at radius 3 is 1.91 bits per heavy atom. The van der Waals surface area contributed by atoms with Crippen LogP contribution in [0.5, 0.6) is 0 Å². The molecule has 2 aromatic heterocycles. The number of carbonyl (C=O) groups is 2. The summed E-state index contributed by atoms with van der Waals surface area (Å²) in [5.74, 6) is -2.39. The summed E-state index contributed by atoms with van der Waals surface area (Å²) < 4.78 is 14.8. The molecule has 7 atom stereocenters. The third kappa shape index (κ3) is 1.80. The molecule has 7 aliphatic rings. The molecule has 33 heavy (non-hydrogen) atoms. The summed E-state index contributed by atoms with van der Waals surface area (Å²) in [6, 6.07) is -3.40. The first-order chi connectivity index (χ1) is 15.8. The fourth-order valence-corrected chi connectivity index (χ4v) is 6.74. The maximum atomic E-state index is 12.8. The van der Waals surface area contributed by atoms with Crippen molar-refractivity contribution in [1.29, 1.82) is 0 Å². The maximum absolute atomic E-state index is 12.8. The van der Waals surface area contributed by atoms with Crippen LogP contribution < -0.4 is 22.8 Å². The van der Waals surface area contributed by atoms with Crippen molar-refractivity contribution >= 4 is 11.9 Å². The summed E-state index contributed by atoms with van der Waals surface area (Å²) in [5.41, 5.74) is -1.33. The molecule has 4 bridgehead atoms. The van der Waals surface area contributed by atoms with Crippen LogP contribution in [0.4, 0.5) is 0 Å². The maximum Gasteiger partial charge on any atom is 0.345 e. The molecule has 3 unspecified atom stereocenters. The molecule has 0 spiro atoms. The number of allylic oxidation sites excluding steroid dienone is 3. The Hall–Kier alpha value is -4.10. The van der Waals surface area contributed by atoms with E-state index in [4.69, 9.17) is 9.47 Å². The highest BCUT2D eigenvalue weighted by atomic mass is 16.5. The zero-order valence-corrected chi connectivity index (χ0v) is 17.2. The minimum absolute atomic E-state index is 0.152. The lowest BCUT2D eigenvalue weighted by molar-refractivity contribution is -0.143. The van der Waals surface area contributed by atoms with Crippen molar-refractivity contribution in [2.45, 2.75) is 24.2 Å². The van der Waals surface area contributed by atoms with Crippen molar-refractivity contribution in [3.63, 3.8) is 0 Å². The second-order valence-electron chi connectivity index (χ2n) is 8.81. The van der Waals surface area contributed by atoms with E-state index in [1.54, 1.807) is 6.08 Å². The number of methoxy groups -OCH3 is 2. The molecule has 0 radical (unpaired) electrons. The summed E-state index contributed by atoms with van der Waals surface area (Å²) in [5, 5.41) is 0. The summed E-state index contributed by atoms with van der Waals surface area (Å²) >= 11 is 0. The van der Waals surface area contributed by atoms with Gasteiger partial charge in [-0.15, -0.1) is 0 Å². The lowest BCUT2D eigenvalue weighted by Gasteiger charge is -2.50. The highest BCUT2D eigenvalue weighted by Gasteiger charge is 2.73. The van der Waals surface area contributed by atoms with E-state index >= 15 is 0 Å². The zero-order chi connectivity index (χ0) is 23.1. The molecule has 14 nitrogen and oxygen atoms in total. The van der Waals surface area contributed by atoms with Gasteiger partial charge >= 0.3 is 34.7 Å². The van der Waals surface area contributed by atoms with Gasteiger partial charge in [0.05, 0.1) is 43.8 Å². The average Bonchev–Trinajstić information content (AvgIpc) is 3.40. The Morgan fingerprint density at radius 1 is 0.788 bits per heavy atom. The predicted octanol–water partition coefficient (Wildman–Crippen LogP) is -2.66. The molecular weight excluding hydrogens is 440 g/mol. The third-order valence-electron chi connectivity index (χ3n) is 7.73. The largest absolute Gasteiger partial charge is 0.469 e. The average molecular weight is 456 g/mol. The van der Waals surface area contributed by atoms with Crippen LogP contribution >= 0.6 is 0 Å². The molecule has 1 saturated carbocycles. The number of carbonyl (C=O) groups excluding carboxylic acids is 2. The number of aromatic nitrogens is 6. The second kappa shape index (κ2) is 5.44. The lowest BCUT2D eigenvalue weighted by atomic mass is 9.70. The Bertz CT molecular complexity index is 1620. The van der Waals surface area contributed by atoms with Crippen LogP contribution in [0.1, 0.15) is 24.2 Å². The van der Waals surface area contributed by atoms with E-state index in [9.17, 15) is 28.8 Å². The smallest absolute Gasteiger partial charge is 0.345 e. The Morgan fingerprint density at radius 2 is 1.33 bits per heavy atom. The molecule has 14 heteroatoms. The molecule has 2 aromatic rings. The molecule has 0 saturated heterocycles. The van der Waals surface area contributed by atoms with E-state index < -0.39 is 64.8 Å². The molecule has 6 heterocycles. The minimum atomic E-state index is -1.03. The molecule has 9 rings (SSSR count). The van der Waals surface area contributed by atoms with Crippen molar-refractivity contribution in [2.24, 2.45) is 17.8 Å². The number of ether oxygens (including phenoxy) is 2. The van der Waals surface area contributed by atoms with Gasteiger partial charge < -0.3 is 9.47 Å². The molecule has 0 aromatic carbocycles. The van der Waals surface area contributed by atoms with E-state index in [0.29, 0.717) is 11.1 Å². The van der Waals surface area contributed by atoms with Crippen molar-refractivity contribution in [3.05, 3.63) is 64.7 Å². The monoisotopic (exact) mass is 456 g/mol. The van der Waals surface area contributed by atoms with Crippen molar-refractivity contribution in [1.82, 2.24) is 28.7 Å². The van der Waals surface area contributed by atoms with Crippen LogP contribution in [0.15, 0.2) is 42.0 Å². The number of hydrogen-bond donors (Lipinski definition) is 2. The summed E-state index contributed by atoms with van der Waals surface area (Å²) in [6.45, 7) is 0. The van der Waals surface area contributed by atoms with Gasteiger partial charge in [0.15, 0.2) is 0 Å². The molecule has 4 aliphatic heterocycles. The van der Waals surface area contributed by atoms with Crippen LogP contribution in [-0.2, 0) is 19.1 Å². The predicted molar refractivity (Wildman–Crippen MR) is 104 cm³/mol. The van der Waals surface area contributed by atoms with Crippen molar-refractivity contribution < 1.29 is 19.1 Å². The van der Waals surface area contributed by atoms with E-state index in [0.717, 1.165) is 4.68 Å². The van der Waals surface area contributed by atoms with Gasteiger partial charge in [0.1, 0.15) is 6.04 Å². The van der Waals surface area contributed by atoms with Gasteiger partial charge in [-0.25, -0.2) is 42.7 Å². The van der Waals surface area contributed by atoms with Crippen LogP contribution in [0, 0.1) is 17.8 Å². The normalized spacial score (nSPS) is 33.6. The molecule has 2 N–H and O–H groups in total. The van der Waals surface area contributed by atoms with Gasteiger partial charge in [-0.1, -0.05) is 0 Å². The fraction of sp³-hybridized carbons (Fsp3) is 0.474. The molecule has 3 aliphatic carbocycles. The van der Waals surface area contributed by atoms with Gasteiger partial charge in [0, 0.05) is 11.8 Å². The fourth-order valence-electron chi connectivity index (χ4n) is 6.74. The molecule has 0 amide bonds. The first-order valence-corrected chi connectivity index (χ1v) is 10.3. The van der Waals surface area contributed by atoms with Crippen molar-refractivity contribution in [3.8, 4) is 0 Å². The molecule has 170 valence electrons. The van der Waals surface area contributed by atoms with E-state index in [1.165, 1.54) is 28.3 Å². The lowest BCUT2D eigenvalue weighted by Crippen LogP contribution is -2.54. The van der Waals surface area contributed by atoms with Crippen LogP contribution in [0.25, 0.3) is 0 Å². The number of H-pyrrole nitrogens is 2. The highest BCUT2D eigenvalue weighted by Crippen LogP contribution is 2.71. The van der Waals surface area contributed by atoms with Gasteiger partial charge in [-0.2, -0.15) is 0 Å². The number of esters is 2. The van der Waals surface area contributed by atoms with Crippen molar-refractivity contribution in [2.75, 3.05) is 14.2 Å². The Balaban J connectivity index is 1.54. The third-order valence-corrected chi connectivity index (χ3v) is 7.73. The zero-order valence-electron chi connectivity index (χ0n) is 17.2. The second-order valence-corrected chi connectivity index (χ2v) is 8.81. The Kier molecular flexibility index (Phi) is 3.05. The number of nitrogens with zero attached hydrogens (tertiary/aromatic N) is 4. The first-order valence-electron chi connectivity index (χ1n) is 10.3. The Labute approximate surface area is 181 Å². The van der Waals surface area contributed by atoms with Crippen LogP contribution in [0.3, 0.4) is 0 Å². The number of aromatic amines is 2. The first kappa shape index (κ1) is 18.5. The minimum Gasteiger partial charge on any atom is -0.469 e. The highest BCUT2D eigenvalue weighted by molar-refractivity contribution is 5.91. The van der Waals surface area contributed by atoms with Crippen LogP contribution in [0.2, 0.25) is 0 Å². The van der Waals surface area contributed by atoms with Gasteiger partial charge in [-0.3, -0.25) is 14.8 Å². The van der Waals surface area contributed by atoms with Gasteiger partial charge in [0.2, 0.25) is 0 Å². The molecule has 1 fully saturated rings. The summed E-state index contributed by atoms with van der Waals surface area (Å²) in [7, 11) is 2.48. The topological polar surface area (TPSA) is 172 Å². The summed E-state index contributed by atoms with van der Waals surface area (Å²) in [4.78, 5) is 80.6. The van der Waals surface area contributed by atoms with E-state index in [2.05, 4.69) is 9.97 Å². The SMILES string of the molecule is COC(=O)C1=C[C@@H]2C3=C([C@H]1n1c(=O)[nH]c(=O)n12)[C@@H]1C2C(C(=O)OC)C2[C@H]3n2c(=O)[nH]c(=O)n21. The molecular formula is C19H16N6O8. The summed E-state index contributed by atoms with van der Waals surface area (Å²) in [6.07, 6.45) is 1.55. The van der Waals surface area contributed by atoms with E-state index in [-0.39, 0.29) is 17.4 Å². The van der Waals surface area contributed by atoms with E-state index in [1.807, 2.05) is 0 Å². The van der Waals surface area contributed by atoms with Gasteiger partial charge in [-0.05, 0) is 17.2 Å². The quantitative estimate of drug-likeness (QED) is 0.364. The number of nitrogens with one attached hydrogen (secondary N) is 2.